The van der Waals surface area contributed by atoms with Crippen molar-refractivity contribution >= 4 is 16.5 Å². The topological polar surface area (TPSA) is 3.24 Å². The Morgan fingerprint density at radius 1 is 0.535 bits per heavy atom. The lowest BCUT2D eigenvalue weighted by Gasteiger charge is -2.53. The standard InChI is InChI=1S/C42H71N/c1-5-8-11-14-17-18-19-20-21-23-26-35-42(4)39(33-25-22-15-12-9-6-2)38-32-28-30-37-31-29-34-40(41(37)38)43(42)36-27-24-16-13-10-7-3/h28-32,34,39H,5-27,33,35-36H2,1-4H3. The zero-order valence-electron chi connectivity index (χ0n) is 29.4. The normalized spacial score (nSPS) is 18.1. The summed E-state index contributed by atoms with van der Waals surface area (Å²) in [5, 5.41) is 3.02. The Hall–Kier alpha value is -1.50. The fraction of sp³-hybridized carbons (Fsp3) is 0.762. The molecule has 0 aliphatic carbocycles. The van der Waals surface area contributed by atoms with Crippen molar-refractivity contribution in [3.63, 3.8) is 0 Å². The molecule has 2 unspecified atom stereocenters. The van der Waals surface area contributed by atoms with E-state index in [-0.39, 0.29) is 5.54 Å². The zero-order valence-corrected chi connectivity index (χ0v) is 29.4. The van der Waals surface area contributed by atoms with Gasteiger partial charge in [-0.1, -0.05) is 192 Å². The SMILES string of the molecule is CCCCCCCCCCCCCC1(C)C(CCCCCCCC)c2cccc3cccc(c23)N1CCCCCCCC. The third-order valence-corrected chi connectivity index (χ3v) is 10.8. The van der Waals surface area contributed by atoms with Crippen LogP contribution < -0.4 is 4.90 Å². The predicted octanol–water partition coefficient (Wildman–Crippen LogP) is 14.3. The average molecular weight is 590 g/mol. The van der Waals surface area contributed by atoms with Gasteiger partial charge in [0.25, 0.3) is 0 Å². The van der Waals surface area contributed by atoms with Gasteiger partial charge in [0.15, 0.2) is 0 Å². The Kier molecular flexibility index (Phi) is 17.8. The molecule has 0 spiro atoms. The van der Waals surface area contributed by atoms with Gasteiger partial charge in [0, 0.05) is 29.1 Å². The van der Waals surface area contributed by atoms with Gasteiger partial charge in [0.1, 0.15) is 0 Å². The van der Waals surface area contributed by atoms with E-state index in [1.807, 2.05) is 0 Å². The van der Waals surface area contributed by atoms with E-state index in [4.69, 9.17) is 0 Å². The van der Waals surface area contributed by atoms with Crippen molar-refractivity contribution < 1.29 is 0 Å². The molecule has 0 fully saturated rings. The van der Waals surface area contributed by atoms with E-state index in [0.29, 0.717) is 5.92 Å². The summed E-state index contributed by atoms with van der Waals surface area (Å²) in [6, 6.07) is 14.4. The first-order valence-corrected chi connectivity index (χ1v) is 19.5. The minimum Gasteiger partial charge on any atom is -0.365 e. The third-order valence-electron chi connectivity index (χ3n) is 10.8. The highest BCUT2D eigenvalue weighted by molar-refractivity contribution is 5.99. The minimum atomic E-state index is 0.217. The van der Waals surface area contributed by atoms with Crippen LogP contribution in [0.1, 0.15) is 200 Å². The lowest BCUT2D eigenvalue weighted by molar-refractivity contribution is 0.285. The summed E-state index contributed by atoms with van der Waals surface area (Å²) in [6.07, 6.45) is 35.0. The van der Waals surface area contributed by atoms with Gasteiger partial charge in [-0.3, -0.25) is 0 Å². The molecule has 0 aromatic heterocycles. The highest BCUT2D eigenvalue weighted by Crippen LogP contribution is 2.51. The molecule has 43 heavy (non-hydrogen) atoms. The minimum absolute atomic E-state index is 0.217. The molecule has 1 heteroatoms. The molecule has 0 radical (unpaired) electrons. The Morgan fingerprint density at radius 3 is 1.56 bits per heavy atom. The van der Waals surface area contributed by atoms with Gasteiger partial charge in [0.2, 0.25) is 0 Å². The molecule has 0 saturated heterocycles. The van der Waals surface area contributed by atoms with E-state index in [9.17, 15) is 0 Å². The van der Waals surface area contributed by atoms with Crippen molar-refractivity contribution in [1.82, 2.24) is 0 Å². The molecule has 0 N–H and O–H groups in total. The average Bonchev–Trinajstić information content (AvgIpc) is 3.02. The highest BCUT2D eigenvalue weighted by Gasteiger charge is 2.44. The smallest absolute Gasteiger partial charge is 0.0453 e. The van der Waals surface area contributed by atoms with Crippen molar-refractivity contribution in [1.29, 1.82) is 0 Å². The molecular weight excluding hydrogens is 518 g/mol. The molecule has 244 valence electrons. The van der Waals surface area contributed by atoms with Crippen LogP contribution >= 0.6 is 0 Å². The summed E-state index contributed by atoms with van der Waals surface area (Å²) < 4.78 is 0. The third kappa shape index (κ3) is 11.4. The van der Waals surface area contributed by atoms with Gasteiger partial charge < -0.3 is 4.90 Å². The van der Waals surface area contributed by atoms with Crippen molar-refractivity contribution in [3.8, 4) is 0 Å². The molecule has 1 heterocycles. The van der Waals surface area contributed by atoms with Crippen LogP contribution in [0.25, 0.3) is 10.8 Å². The van der Waals surface area contributed by atoms with Crippen LogP contribution in [-0.2, 0) is 0 Å². The summed E-state index contributed by atoms with van der Waals surface area (Å²) in [4.78, 5) is 2.94. The van der Waals surface area contributed by atoms with Crippen molar-refractivity contribution in [2.75, 3.05) is 11.4 Å². The number of hydrogen-bond donors (Lipinski definition) is 0. The summed E-state index contributed by atoms with van der Waals surface area (Å²) in [5.74, 6) is 0.639. The second-order valence-electron chi connectivity index (χ2n) is 14.4. The summed E-state index contributed by atoms with van der Waals surface area (Å²) in [6.45, 7) is 10.9. The molecule has 0 amide bonds. The number of benzene rings is 2. The summed E-state index contributed by atoms with van der Waals surface area (Å²) in [7, 11) is 0. The molecule has 1 nitrogen and oxygen atoms in total. The maximum absolute atomic E-state index is 2.94. The lowest BCUT2D eigenvalue weighted by atomic mass is 9.69. The van der Waals surface area contributed by atoms with Crippen LogP contribution in [0.15, 0.2) is 36.4 Å². The molecule has 0 saturated carbocycles. The van der Waals surface area contributed by atoms with Crippen molar-refractivity contribution in [2.24, 2.45) is 0 Å². The maximum Gasteiger partial charge on any atom is 0.0453 e. The molecule has 2 aromatic rings. The number of unbranched alkanes of at least 4 members (excludes halogenated alkanes) is 20. The second-order valence-corrected chi connectivity index (χ2v) is 14.4. The second kappa shape index (κ2) is 21.3. The largest absolute Gasteiger partial charge is 0.365 e. The number of nitrogens with zero attached hydrogens (tertiary/aromatic N) is 1. The number of rotatable bonds is 26. The van der Waals surface area contributed by atoms with Crippen molar-refractivity contribution in [2.45, 2.75) is 200 Å². The van der Waals surface area contributed by atoms with Crippen molar-refractivity contribution in [3.05, 3.63) is 42.0 Å². The molecule has 2 aromatic carbocycles. The van der Waals surface area contributed by atoms with Crippen LogP contribution in [0.5, 0.6) is 0 Å². The van der Waals surface area contributed by atoms with E-state index in [1.54, 1.807) is 10.9 Å². The van der Waals surface area contributed by atoms with E-state index < -0.39 is 0 Å². The fourth-order valence-corrected chi connectivity index (χ4v) is 8.14. The van der Waals surface area contributed by atoms with Gasteiger partial charge in [0.05, 0.1) is 0 Å². The highest BCUT2D eigenvalue weighted by atomic mass is 15.2. The van der Waals surface area contributed by atoms with E-state index >= 15 is 0 Å². The van der Waals surface area contributed by atoms with Gasteiger partial charge in [-0.05, 0) is 43.2 Å². The lowest BCUT2D eigenvalue weighted by Crippen LogP contribution is -2.53. The first kappa shape index (κ1) is 36.0. The van der Waals surface area contributed by atoms with Crippen LogP contribution in [0.3, 0.4) is 0 Å². The molecule has 2 atom stereocenters. The summed E-state index contributed by atoms with van der Waals surface area (Å²) >= 11 is 0. The Bertz CT molecular complexity index is 917. The first-order chi connectivity index (χ1) is 21.2. The quantitative estimate of drug-likeness (QED) is 0.0986. The summed E-state index contributed by atoms with van der Waals surface area (Å²) in [5.41, 5.74) is 3.41. The Morgan fingerprint density at radius 2 is 1.00 bits per heavy atom. The van der Waals surface area contributed by atoms with Gasteiger partial charge in [-0.2, -0.15) is 0 Å². The van der Waals surface area contributed by atoms with Gasteiger partial charge in [-0.15, -0.1) is 0 Å². The molecule has 1 aliphatic heterocycles. The van der Waals surface area contributed by atoms with Crippen LogP contribution in [0, 0.1) is 0 Å². The molecule has 0 bridgehead atoms. The van der Waals surface area contributed by atoms with E-state index in [0.717, 1.165) is 0 Å². The first-order valence-electron chi connectivity index (χ1n) is 19.5. The monoisotopic (exact) mass is 590 g/mol. The maximum atomic E-state index is 2.94. The van der Waals surface area contributed by atoms with Crippen LogP contribution in [0.2, 0.25) is 0 Å². The van der Waals surface area contributed by atoms with Gasteiger partial charge >= 0.3 is 0 Å². The fourth-order valence-electron chi connectivity index (χ4n) is 8.14. The number of anilines is 1. The molecule has 1 aliphatic rings. The number of hydrogen-bond acceptors (Lipinski definition) is 1. The predicted molar refractivity (Wildman–Crippen MR) is 195 cm³/mol. The van der Waals surface area contributed by atoms with E-state index in [1.165, 1.54) is 178 Å². The van der Waals surface area contributed by atoms with Crippen LogP contribution in [0.4, 0.5) is 5.69 Å². The molecule has 3 rings (SSSR count). The van der Waals surface area contributed by atoms with Gasteiger partial charge in [-0.25, -0.2) is 0 Å². The Balaban J connectivity index is 1.70. The zero-order chi connectivity index (χ0) is 30.6. The van der Waals surface area contributed by atoms with Crippen LogP contribution in [-0.4, -0.2) is 12.1 Å². The molecular formula is C42H71N. The van der Waals surface area contributed by atoms with E-state index in [2.05, 4.69) is 69.0 Å². The Labute approximate surface area is 269 Å².